The Bertz CT molecular complexity index is 534. The van der Waals surface area contributed by atoms with Crippen LogP contribution in [0, 0.1) is 0 Å². The number of aldehydes is 1. The molecule has 0 N–H and O–H groups in total. The zero-order valence-electron chi connectivity index (χ0n) is 9.39. The number of halogens is 1. The maximum Gasteiger partial charge on any atom is 0.166 e. The molecule has 0 spiro atoms. The van der Waals surface area contributed by atoms with E-state index in [1.54, 1.807) is 13.2 Å². The second kappa shape index (κ2) is 5.06. The van der Waals surface area contributed by atoms with Crippen LogP contribution in [0.5, 0.6) is 5.75 Å². The first kappa shape index (κ1) is 11.7. The fraction of sp³-hybridized carbons (Fsp3) is 0.154. The number of carbonyl (C=O) groups excluding carboxylic acids is 1. The summed E-state index contributed by atoms with van der Waals surface area (Å²) in [5.74, 6) is 0.725. The van der Waals surface area contributed by atoms with Crippen LogP contribution in [-0.4, -0.2) is 18.0 Å². The van der Waals surface area contributed by atoms with Gasteiger partial charge in [0, 0.05) is 16.8 Å². The molecule has 0 aliphatic rings. The number of rotatable bonds is 4. The molecule has 0 aliphatic heterocycles. The van der Waals surface area contributed by atoms with E-state index in [4.69, 9.17) is 16.3 Å². The molecule has 0 saturated carbocycles. The molecule has 0 fully saturated rings. The summed E-state index contributed by atoms with van der Waals surface area (Å²) in [4.78, 5) is 10.8. The van der Waals surface area contributed by atoms with Gasteiger partial charge >= 0.3 is 0 Å². The van der Waals surface area contributed by atoms with Gasteiger partial charge in [0.05, 0.1) is 19.3 Å². The Morgan fingerprint density at radius 3 is 2.88 bits per heavy atom. The van der Waals surface area contributed by atoms with E-state index in [0.29, 0.717) is 17.3 Å². The van der Waals surface area contributed by atoms with Crippen molar-refractivity contribution in [3.8, 4) is 5.75 Å². The lowest BCUT2D eigenvalue weighted by Crippen LogP contribution is -2.04. The Kier molecular flexibility index (Phi) is 3.49. The van der Waals surface area contributed by atoms with Crippen LogP contribution in [0.15, 0.2) is 36.5 Å². The Morgan fingerprint density at radius 1 is 1.35 bits per heavy atom. The Labute approximate surface area is 105 Å². The summed E-state index contributed by atoms with van der Waals surface area (Å²) in [6, 6.07) is 9.08. The maximum atomic E-state index is 10.8. The third-order valence-corrected chi connectivity index (χ3v) is 2.96. The summed E-state index contributed by atoms with van der Waals surface area (Å²) in [5, 5.41) is 0.634. The minimum Gasteiger partial charge on any atom is -0.496 e. The van der Waals surface area contributed by atoms with E-state index in [0.717, 1.165) is 17.6 Å². The van der Waals surface area contributed by atoms with Crippen LogP contribution >= 0.6 is 11.6 Å². The first-order valence-electron chi connectivity index (χ1n) is 5.18. The molecule has 1 aromatic heterocycles. The third kappa shape index (κ3) is 2.34. The first-order valence-corrected chi connectivity index (χ1v) is 5.55. The molecular weight excluding hydrogens is 238 g/mol. The van der Waals surface area contributed by atoms with Crippen LogP contribution in [0.25, 0.3) is 0 Å². The highest BCUT2D eigenvalue weighted by Gasteiger charge is 2.09. The minimum absolute atomic E-state index is 0.518. The van der Waals surface area contributed by atoms with Crippen molar-refractivity contribution in [1.82, 2.24) is 4.57 Å². The molecular formula is C13H12ClNO2. The van der Waals surface area contributed by atoms with Crippen molar-refractivity contribution in [2.45, 2.75) is 6.54 Å². The van der Waals surface area contributed by atoms with Gasteiger partial charge in [-0.05, 0) is 24.3 Å². The smallest absolute Gasteiger partial charge is 0.166 e. The largest absolute Gasteiger partial charge is 0.496 e. The van der Waals surface area contributed by atoms with Gasteiger partial charge in [-0.25, -0.2) is 0 Å². The summed E-state index contributed by atoms with van der Waals surface area (Å²) in [6.07, 6.45) is 2.66. The number of methoxy groups -OCH3 is 1. The predicted octanol–water partition coefficient (Wildman–Crippen LogP) is 3.01. The van der Waals surface area contributed by atoms with Crippen molar-refractivity contribution >= 4 is 17.9 Å². The van der Waals surface area contributed by atoms with E-state index < -0.39 is 0 Å². The third-order valence-electron chi connectivity index (χ3n) is 2.61. The number of benzene rings is 1. The average molecular weight is 250 g/mol. The molecule has 0 radical (unpaired) electrons. The number of hydrogen-bond acceptors (Lipinski definition) is 2. The van der Waals surface area contributed by atoms with Gasteiger partial charge in [-0.15, -0.1) is 0 Å². The second-order valence-corrected chi connectivity index (χ2v) is 4.01. The average Bonchev–Trinajstić information content (AvgIpc) is 2.79. The summed E-state index contributed by atoms with van der Waals surface area (Å²) in [7, 11) is 1.60. The van der Waals surface area contributed by atoms with Crippen molar-refractivity contribution in [2.75, 3.05) is 7.11 Å². The molecule has 0 aliphatic carbocycles. The van der Waals surface area contributed by atoms with E-state index in [-0.39, 0.29) is 0 Å². The zero-order valence-corrected chi connectivity index (χ0v) is 10.1. The lowest BCUT2D eigenvalue weighted by atomic mass is 10.2. The minimum atomic E-state index is 0.518. The maximum absolute atomic E-state index is 10.8. The van der Waals surface area contributed by atoms with Gasteiger partial charge in [-0.1, -0.05) is 17.7 Å². The summed E-state index contributed by atoms with van der Waals surface area (Å²) in [5.41, 5.74) is 1.49. The van der Waals surface area contributed by atoms with Crippen molar-refractivity contribution in [1.29, 1.82) is 0 Å². The van der Waals surface area contributed by atoms with E-state index in [2.05, 4.69) is 0 Å². The molecule has 2 rings (SSSR count). The molecule has 17 heavy (non-hydrogen) atoms. The fourth-order valence-electron chi connectivity index (χ4n) is 1.73. The van der Waals surface area contributed by atoms with Crippen LogP contribution in [0.4, 0.5) is 0 Å². The van der Waals surface area contributed by atoms with Gasteiger partial charge < -0.3 is 9.30 Å². The lowest BCUT2D eigenvalue weighted by molar-refractivity contribution is 0.111. The van der Waals surface area contributed by atoms with E-state index in [1.165, 1.54) is 0 Å². The topological polar surface area (TPSA) is 31.2 Å². The van der Waals surface area contributed by atoms with Gasteiger partial charge in [0.2, 0.25) is 0 Å². The molecule has 0 unspecified atom stereocenters. The second-order valence-electron chi connectivity index (χ2n) is 3.60. The zero-order chi connectivity index (χ0) is 12.3. The van der Waals surface area contributed by atoms with E-state index in [1.807, 2.05) is 35.0 Å². The van der Waals surface area contributed by atoms with E-state index >= 15 is 0 Å². The number of carbonyl (C=O) groups is 1. The van der Waals surface area contributed by atoms with Crippen LogP contribution in [0.1, 0.15) is 16.1 Å². The van der Waals surface area contributed by atoms with Gasteiger partial charge in [0.25, 0.3) is 0 Å². The number of nitrogens with zero attached hydrogens (tertiary/aromatic N) is 1. The van der Waals surface area contributed by atoms with Gasteiger partial charge in [0.15, 0.2) is 6.29 Å². The predicted molar refractivity (Wildman–Crippen MR) is 66.9 cm³/mol. The SMILES string of the molecule is COc1cccc(Cl)c1Cn1cccc1C=O. The van der Waals surface area contributed by atoms with Crippen molar-refractivity contribution in [3.63, 3.8) is 0 Å². The standard InChI is InChI=1S/C13H12ClNO2/c1-17-13-6-2-5-12(14)11(13)8-15-7-3-4-10(15)9-16/h2-7,9H,8H2,1H3. The van der Waals surface area contributed by atoms with Crippen LogP contribution < -0.4 is 4.74 Å². The highest BCUT2D eigenvalue weighted by atomic mass is 35.5. The van der Waals surface area contributed by atoms with Gasteiger partial charge in [-0.2, -0.15) is 0 Å². The van der Waals surface area contributed by atoms with E-state index in [9.17, 15) is 4.79 Å². The quantitative estimate of drug-likeness (QED) is 0.780. The van der Waals surface area contributed by atoms with Gasteiger partial charge in [-0.3, -0.25) is 4.79 Å². The lowest BCUT2D eigenvalue weighted by Gasteiger charge is -2.12. The Balaban J connectivity index is 2.39. The van der Waals surface area contributed by atoms with Crippen LogP contribution in [0.3, 0.4) is 0 Å². The molecule has 4 heteroatoms. The number of aromatic nitrogens is 1. The fourth-order valence-corrected chi connectivity index (χ4v) is 1.96. The molecule has 0 atom stereocenters. The summed E-state index contributed by atoms with van der Waals surface area (Å²) in [6.45, 7) is 0.518. The Morgan fingerprint density at radius 2 is 2.18 bits per heavy atom. The van der Waals surface area contributed by atoms with Crippen molar-refractivity contribution in [2.24, 2.45) is 0 Å². The summed E-state index contributed by atoms with van der Waals surface area (Å²) >= 11 is 6.14. The highest BCUT2D eigenvalue weighted by molar-refractivity contribution is 6.31. The molecule has 0 saturated heterocycles. The molecule has 0 amide bonds. The molecule has 88 valence electrons. The summed E-state index contributed by atoms with van der Waals surface area (Å²) < 4.78 is 7.09. The molecule has 3 nitrogen and oxygen atoms in total. The van der Waals surface area contributed by atoms with Crippen LogP contribution in [0.2, 0.25) is 5.02 Å². The van der Waals surface area contributed by atoms with Crippen molar-refractivity contribution < 1.29 is 9.53 Å². The van der Waals surface area contributed by atoms with Gasteiger partial charge in [0.1, 0.15) is 5.75 Å². The highest BCUT2D eigenvalue weighted by Crippen LogP contribution is 2.27. The normalized spacial score (nSPS) is 10.2. The first-order chi connectivity index (χ1) is 8.26. The molecule has 2 aromatic rings. The van der Waals surface area contributed by atoms with Crippen molar-refractivity contribution in [3.05, 3.63) is 52.8 Å². The van der Waals surface area contributed by atoms with Crippen LogP contribution in [-0.2, 0) is 6.54 Å². The number of hydrogen-bond donors (Lipinski definition) is 0. The Hall–Kier alpha value is -1.74. The molecule has 0 bridgehead atoms. The number of ether oxygens (including phenoxy) is 1. The molecule has 1 aromatic carbocycles. The molecule has 1 heterocycles. The monoisotopic (exact) mass is 249 g/mol.